The highest BCUT2D eigenvalue weighted by molar-refractivity contribution is 5.87. The highest BCUT2D eigenvalue weighted by Gasteiger charge is 2.49. The van der Waals surface area contributed by atoms with Crippen molar-refractivity contribution >= 4 is 11.9 Å². The van der Waals surface area contributed by atoms with E-state index in [0.29, 0.717) is 13.0 Å². The molecular formula is C9H15NO4. The monoisotopic (exact) mass is 201 g/mol. The minimum Gasteiger partial charge on any atom is -0.480 e. The summed E-state index contributed by atoms with van der Waals surface area (Å²) in [5.41, 5.74) is -0.342. The van der Waals surface area contributed by atoms with Gasteiger partial charge in [0.15, 0.2) is 0 Å². The first-order valence-corrected chi connectivity index (χ1v) is 4.60. The molecule has 0 aliphatic heterocycles. The molecule has 0 aromatic carbocycles. The SMILES string of the molecule is COCCC1(C(=O)NCC(=O)O)CC1. The zero-order valence-corrected chi connectivity index (χ0v) is 8.21. The molecule has 14 heavy (non-hydrogen) atoms. The van der Waals surface area contributed by atoms with Gasteiger partial charge in [-0.2, -0.15) is 0 Å². The van der Waals surface area contributed by atoms with Crippen LogP contribution in [0.25, 0.3) is 0 Å². The number of methoxy groups -OCH3 is 1. The lowest BCUT2D eigenvalue weighted by Crippen LogP contribution is -2.36. The minimum absolute atomic E-state index is 0.156. The van der Waals surface area contributed by atoms with Crippen molar-refractivity contribution in [3.8, 4) is 0 Å². The molecule has 5 nitrogen and oxygen atoms in total. The predicted molar refractivity (Wildman–Crippen MR) is 48.8 cm³/mol. The third-order valence-electron chi connectivity index (χ3n) is 2.52. The van der Waals surface area contributed by atoms with Crippen molar-refractivity contribution in [3.05, 3.63) is 0 Å². The van der Waals surface area contributed by atoms with Crippen LogP contribution in [0.2, 0.25) is 0 Å². The third kappa shape index (κ3) is 2.70. The second kappa shape index (κ2) is 4.41. The van der Waals surface area contributed by atoms with Crippen molar-refractivity contribution in [3.63, 3.8) is 0 Å². The average Bonchev–Trinajstić information content (AvgIpc) is 2.92. The van der Waals surface area contributed by atoms with Gasteiger partial charge in [-0.1, -0.05) is 0 Å². The Morgan fingerprint density at radius 3 is 2.57 bits per heavy atom. The molecule has 0 bridgehead atoms. The van der Waals surface area contributed by atoms with E-state index in [0.717, 1.165) is 12.8 Å². The molecule has 2 N–H and O–H groups in total. The van der Waals surface area contributed by atoms with Crippen LogP contribution in [-0.2, 0) is 14.3 Å². The molecule has 1 saturated carbocycles. The van der Waals surface area contributed by atoms with Gasteiger partial charge < -0.3 is 15.2 Å². The quantitative estimate of drug-likeness (QED) is 0.634. The Kier molecular flexibility index (Phi) is 3.46. The van der Waals surface area contributed by atoms with E-state index in [9.17, 15) is 9.59 Å². The molecule has 80 valence electrons. The van der Waals surface area contributed by atoms with Crippen molar-refractivity contribution in [2.45, 2.75) is 19.3 Å². The summed E-state index contributed by atoms with van der Waals surface area (Å²) < 4.78 is 4.90. The van der Waals surface area contributed by atoms with Crippen molar-refractivity contribution in [1.29, 1.82) is 0 Å². The first-order chi connectivity index (χ1) is 6.60. The number of hydrogen-bond donors (Lipinski definition) is 2. The summed E-state index contributed by atoms with van der Waals surface area (Å²) in [4.78, 5) is 21.7. The van der Waals surface area contributed by atoms with Gasteiger partial charge in [0.1, 0.15) is 6.54 Å². The van der Waals surface area contributed by atoms with Crippen molar-refractivity contribution in [2.75, 3.05) is 20.3 Å². The summed E-state index contributed by atoms with van der Waals surface area (Å²) in [7, 11) is 1.59. The largest absolute Gasteiger partial charge is 0.480 e. The summed E-state index contributed by atoms with van der Waals surface area (Å²) >= 11 is 0. The summed E-state index contributed by atoms with van der Waals surface area (Å²) in [6, 6.07) is 0. The van der Waals surface area contributed by atoms with Gasteiger partial charge in [-0.15, -0.1) is 0 Å². The fraction of sp³-hybridized carbons (Fsp3) is 0.778. The first kappa shape index (κ1) is 11.0. The van der Waals surface area contributed by atoms with Crippen LogP contribution in [0.3, 0.4) is 0 Å². The molecule has 0 unspecified atom stereocenters. The normalized spacial score (nSPS) is 17.5. The van der Waals surface area contributed by atoms with E-state index in [2.05, 4.69) is 5.32 Å². The number of ether oxygens (including phenoxy) is 1. The molecule has 0 heterocycles. The average molecular weight is 201 g/mol. The Morgan fingerprint density at radius 2 is 2.14 bits per heavy atom. The van der Waals surface area contributed by atoms with Gasteiger partial charge in [0.2, 0.25) is 5.91 Å². The second-order valence-corrected chi connectivity index (χ2v) is 3.60. The number of hydrogen-bond acceptors (Lipinski definition) is 3. The molecule has 1 aliphatic rings. The Morgan fingerprint density at radius 1 is 1.50 bits per heavy atom. The fourth-order valence-corrected chi connectivity index (χ4v) is 1.38. The molecule has 0 saturated heterocycles. The van der Waals surface area contributed by atoms with Gasteiger partial charge in [-0.25, -0.2) is 0 Å². The van der Waals surface area contributed by atoms with E-state index in [1.54, 1.807) is 7.11 Å². The summed E-state index contributed by atoms with van der Waals surface area (Å²) in [6.45, 7) is 0.244. The van der Waals surface area contributed by atoms with Crippen molar-refractivity contribution < 1.29 is 19.4 Å². The maximum Gasteiger partial charge on any atom is 0.322 e. The lowest BCUT2D eigenvalue weighted by molar-refractivity contribution is -0.139. The molecule has 0 aromatic heterocycles. The number of aliphatic carboxylic acids is 1. The third-order valence-corrected chi connectivity index (χ3v) is 2.52. The van der Waals surface area contributed by atoms with E-state index < -0.39 is 5.97 Å². The van der Waals surface area contributed by atoms with E-state index in [1.165, 1.54) is 0 Å². The summed E-state index contributed by atoms with van der Waals surface area (Å²) in [6.07, 6.45) is 2.35. The van der Waals surface area contributed by atoms with Crippen LogP contribution in [0.4, 0.5) is 0 Å². The molecule has 0 spiro atoms. The maximum atomic E-state index is 11.5. The first-order valence-electron chi connectivity index (χ1n) is 4.60. The molecule has 1 rings (SSSR count). The van der Waals surface area contributed by atoms with Gasteiger partial charge in [0.25, 0.3) is 0 Å². The van der Waals surface area contributed by atoms with Crippen LogP contribution in [0.5, 0.6) is 0 Å². The van der Waals surface area contributed by atoms with Crippen LogP contribution in [0.1, 0.15) is 19.3 Å². The van der Waals surface area contributed by atoms with Crippen LogP contribution >= 0.6 is 0 Å². The van der Waals surface area contributed by atoms with E-state index in [-0.39, 0.29) is 17.9 Å². The molecule has 0 aromatic rings. The highest BCUT2D eigenvalue weighted by Crippen LogP contribution is 2.48. The molecule has 1 aliphatic carbocycles. The Balaban J connectivity index is 2.32. The van der Waals surface area contributed by atoms with Crippen LogP contribution in [0, 0.1) is 5.41 Å². The molecule has 5 heteroatoms. The smallest absolute Gasteiger partial charge is 0.322 e. The zero-order chi connectivity index (χ0) is 10.6. The number of carboxylic acid groups (broad SMARTS) is 1. The zero-order valence-electron chi connectivity index (χ0n) is 8.21. The van der Waals surface area contributed by atoms with E-state index >= 15 is 0 Å². The van der Waals surface area contributed by atoms with E-state index in [1.807, 2.05) is 0 Å². The molecule has 0 radical (unpaired) electrons. The summed E-state index contributed by atoms with van der Waals surface area (Å²) in [5.74, 6) is -1.17. The molecular weight excluding hydrogens is 186 g/mol. The Labute approximate surface area is 82.4 Å². The lowest BCUT2D eigenvalue weighted by atomic mass is 10.0. The van der Waals surface area contributed by atoms with Gasteiger partial charge in [-0.05, 0) is 19.3 Å². The van der Waals surface area contributed by atoms with E-state index in [4.69, 9.17) is 9.84 Å². The minimum atomic E-state index is -1.01. The maximum absolute atomic E-state index is 11.5. The number of amides is 1. The standard InChI is InChI=1S/C9H15NO4/c1-14-5-4-9(2-3-9)8(13)10-6-7(11)12/h2-6H2,1H3,(H,10,13)(H,11,12). The topological polar surface area (TPSA) is 75.6 Å². The number of nitrogens with one attached hydrogen (secondary N) is 1. The van der Waals surface area contributed by atoms with Gasteiger partial charge in [0.05, 0.1) is 5.41 Å². The molecule has 1 fully saturated rings. The van der Waals surface area contributed by atoms with Crippen molar-refractivity contribution in [2.24, 2.45) is 5.41 Å². The molecule has 1 amide bonds. The summed E-state index contributed by atoms with van der Waals surface area (Å²) in [5, 5.41) is 10.8. The number of carbonyl (C=O) groups is 2. The number of rotatable bonds is 6. The highest BCUT2D eigenvalue weighted by atomic mass is 16.5. The van der Waals surface area contributed by atoms with Gasteiger partial charge >= 0.3 is 5.97 Å². The number of carboxylic acids is 1. The van der Waals surface area contributed by atoms with Gasteiger partial charge in [0, 0.05) is 13.7 Å². The lowest BCUT2D eigenvalue weighted by Gasteiger charge is -2.13. The Bertz CT molecular complexity index is 235. The van der Waals surface area contributed by atoms with Gasteiger partial charge in [-0.3, -0.25) is 9.59 Å². The Hall–Kier alpha value is -1.10. The second-order valence-electron chi connectivity index (χ2n) is 3.60. The van der Waals surface area contributed by atoms with Crippen LogP contribution in [-0.4, -0.2) is 37.2 Å². The van der Waals surface area contributed by atoms with Crippen LogP contribution < -0.4 is 5.32 Å². The predicted octanol–water partition coefficient (Wildman–Crippen LogP) is 0.00390. The number of carbonyl (C=O) groups excluding carboxylic acids is 1. The molecule has 0 atom stereocenters. The van der Waals surface area contributed by atoms with Crippen LogP contribution in [0.15, 0.2) is 0 Å². The van der Waals surface area contributed by atoms with Crippen molar-refractivity contribution in [1.82, 2.24) is 5.32 Å². The fourth-order valence-electron chi connectivity index (χ4n) is 1.38.